The molecule has 2 aromatic carbocycles. The van der Waals surface area contributed by atoms with Gasteiger partial charge in [0.15, 0.2) is 5.13 Å². The molecule has 0 N–H and O–H groups in total. The van der Waals surface area contributed by atoms with Gasteiger partial charge in [-0.3, -0.25) is 9.59 Å². The number of thiazole rings is 1. The van der Waals surface area contributed by atoms with Crippen molar-refractivity contribution in [1.29, 1.82) is 5.26 Å². The molecule has 5 nitrogen and oxygen atoms in total. The molecule has 0 atom stereocenters. The Morgan fingerprint density at radius 3 is 2.48 bits per heavy atom. The number of nitrogens with zero attached hydrogens (tertiary/aromatic N) is 3. The molecule has 1 aromatic heterocycles. The highest BCUT2D eigenvalue weighted by Gasteiger charge is 2.38. The van der Waals surface area contributed by atoms with Gasteiger partial charge < -0.3 is 0 Å². The Morgan fingerprint density at radius 2 is 1.76 bits per heavy atom. The van der Waals surface area contributed by atoms with Gasteiger partial charge in [0, 0.05) is 10.9 Å². The Hall–Kier alpha value is -3.37. The molecule has 2 amide bonds. The van der Waals surface area contributed by atoms with E-state index in [-0.39, 0.29) is 16.3 Å². The molecule has 0 bridgehead atoms. The van der Waals surface area contributed by atoms with Gasteiger partial charge >= 0.3 is 0 Å². The Labute approximate surface area is 145 Å². The predicted molar refractivity (Wildman–Crippen MR) is 89.8 cm³/mol. The lowest BCUT2D eigenvalue weighted by molar-refractivity contribution is 0.0926. The molecular formula is C18H8FN3O2S. The standard InChI is InChI=1S/C18H8FN3O2S/c19-12-5-6-13-14(7-12)17(24)22(16(13)23)18-21-15(9-25-18)11-3-1-10(8-20)2-4-11/h1-7,9H. The second-order valence-corrected chi connectivity index (χ2v) is 6.18. The Morgan fingerprint density at radius 1 is 1.04 bits per heavy atom. The molecule has 0 spiro atoms. The van der Waals surface area contributed by atoms with Crippen molar-refractivity contribution in [3.8, 4) is 17.3 Å². The number of hydrogen-bond donors (Lipinski definition) is 0. The molecule has 120 valence electrons. The zero-order chi connectivity index (χ0) is 17.6. The first kappa shape index (κ1) is 15.2. The number of carbonyl (C=O) groups is 2. The molecule has 25 heavy (non-hydrogen) atoms. The van der Waals surface area contributed by atoms with Gasteiger partial charge in [-0.05, 0) is 30.3 Å². The van der Waals surface area contributed by atoms with Crippen molar-refractivity contribution in [3.63, 3.8) is 0 Å². The van der Waals surface area contributed by atoms with Gasteiger partial charge in [-0.25, -0.2) is 14.3 Å². The lowest BCUT2D eigenvalue weighted by atomic mass is 10.1. The van der Waals surface area contributed by atoms with Gasteiger partial charge in [-0.2, -0.15) is 5.26 Å². The number of aromatic nitrogens is 1. The van der Waals surface area contributed by atoms with E-state index in [2.05, 4.69) is 4.98 Å². The third-order valence-electron chi connectivity index (χ3n) is 3.84. The maximum atomic E-state index is 13.4. The number of halogens is 1. The second kappa shape index (κ2) is 5.61. The van der Waals surface area contributed by atoms with E-state index in [4.69, 9.17) is 5.26 Å². The summed E-state index contributed by atoms with van der Waals surface area (Å²) in [6.45, 7) is 0. The molecule has 0 fully saturated rings. The summed E-state index contributed by atoms with van der Waals surface area (Å²) in [7, 11) is 0. The van der Waals surface area contributed by atoms with Gasteiger partial charge in [0.1, 0.15) is 5.82 Å². The lowest BCUT2D eigenvalue weighted by Crippen LogP contribution is -2.29. The van der Waals surface area contributed by atoms with Crippen molar-refractivity contribution in [2.75, 3.05) is 4.90 Å². The summed E-state index contributed by atoms with van der Waals surface area (Å²) in [5.41, 5.74) is 2.10. The summed E-state index contributed by atoms with van der Waals surface area (Å²) in [5.74, 6) is -1.67. The topological polar surface area (TPSA) is 74.1 Å². The van der Waals surface area contributed by atoms with Crippen LogP contribution < -0.4 is 4.90 Å². The Bertz CT molecular complexity index is 1070. The van der Waals surface area contributed by atoms with E-state index in [1.807, 2.05) is 6.07 Å². The third-order valence-corrected chi connectivity index (χ3v) is 4.67. The van der Waals surface area contributed by atoms with Crippen molar-refractivity contribution in [1.82, 2.24) is 4.98 Å². The summed E-state index contributed by atoms with van der Waals surface area (Å²) < 4.78 is 13.4. The van der Waals surface area contributed by atoms with Crippen LogP contribution in [0.15, 0.2) is 47.8 Å². The van der Waals surface area contributed by atoms with Crippen LogP contribution in [0.4, 0.5) is 9.52 Å². The van der Waals surface area contributed by atoms with Gasteiger partial charge in [-0.15, -0.1) is 11.3 Å². The molecule has 0 unspecified atom stereocenters. The highest BCUT2D eigenvalue weighted by atomic mass is 32.1. The van der Waals surface area contributed by atoms with Crippen molar-refractivity contribution < 1.29 is 14.0 Å². The van der Waals surface area contributed by atoms with Crippen LogP contribution in [0, 0.1) is 17.1 Å². The first-order valence-corrected chi connectivity index (χ1v) is 8.11. The van der Waals surface area contributed by atoms with Gasteiger partial charge in [-0.1, -0.05) is 12.1 Å². The van der Waals surface area contributed by atoms with E-state index >= 15 is 0 Å². The quantitative estimate of drug-likeness (QED) is 0.662. The Kier molecular flexibility index (Phi) is 3.41. The zero-order valence-electron chi connectivity index (χ0n) is 12.6. The zero-order valence-corrected chi connectivity index (χ0v) is 13.4. The van der Waals surface area contributed by atoms with E-state index in [0.29, 0.717) is 11.3 Å². The lowest BCUT2D eigenvalue weighted by Gasteiger charge is -2.08. The van der Waals surface area contributed by atoms with Crippen molar-refractivity contribution in [2.45, 2.75) is 0 Å². The first-order chi connectivity index (χ1) is 12.1. The molecular weight excluding hydrogens is 341 g/mol. The van der Waals surface area contributed by atoms with Crippen molar-refractivity contribution in [3.05, 3.63) is 70.4 Å². The minimum Gasteiger partial charge on any atom is -0.268 e. The number of hydrogen-bond acceptors (Lipinski definition) is 5. The van der Waals surface area contributed by atoms with E-state index in [0.717, 1.165) is 33.9 Å². The fraction of sp³-hybridized carbons (Fsp3) is 0. The molecule has 0 aliphatic carbocycles. The van der Waals surface area contributed by atoms with Crippen LogP contribution in [0.25, 0.3) is 11.3 Å². The minimum absolute atomic E-state index is 0.0418. The van der Waals surface area contributed by atoms with Crippen molar-refractivity contribution >= 4 is 28.3 Å². The SMILES string of the molecule is N#Cc1ccc(-c2csc(N3C(=O)c4ccc(F)cc4C3=O)n2)cc1. The normalized spacial score (nSPS) is 13.0. The summed E-state index contributed by atoms with van der Waals surface area (Å²) >= 11 is 1.15. The molecule has 1 aliphatic rings. The molecule has 2 heterocycles. The number of fused-ring (bicyclic) bond motifs is 1. The first-order valence-electron chi connectivity index (χ1n) is 7.23. The predicted octanol–water partition coefficient (Wildman–Crippen LogP) is 3.62. The number of carbonyl (C=O) groups excluding carboxylic acids is 2. The molecule has 0 radical (unpaired) electrons. The average Bonchev–Trinajstić information content (AvgIpc) is 3.19. The molecule has 3 aromatic rings. The van der Waals surface area contributed by atoms with Crippen LogP contribution in [0.3, 0.4) is 0 Å². The van der Waals surface area contributed by atoms with E-state index < -0.39 is 17.6 Å². The molecule has 4 rings (SSSR count). The van der Waals surface area contributed by atoms with Gasteiger partial charge in [0.05, 0.1) is 28.5 Å². The third kappa shape index (κ3) is 2.40. The van der Waals surface area contributed by atoms with Gasteiger partial charge in [0.25, 0.3) is 11.8 Å². The summed E-state index contributed by atoms with van der Waals surface area (Å²) in [4.78, 5) is 30.2. The van der Waals surface area contributed by atoms with E-state index in [9.17, 15) is 14.0 Å². The second-order valence-electron chi connectivity index (χ2n) is 5.34. The highest BCUT2D eigenvalue weighted by Crippen LogP contribution is 2.33. The summed E-state index contributed by atoms with van der Waals surface area (Å²) in [6.07, 6.45) is 0. The fourth-order valence-corrected chi connectivity index (χ4v) is 3.43. The van der Waals surface area contributed by atoms with Crippen LogP contribution in [-0.2, 0) is 0 Å². The fourth-order valence-electron chi connectivity index (χ4n) is 2.60. The van der Waals surface area contributed by atoms with Crippen molar-refractivity contribution in [2.24, 2.45) is 0 Å². The summed E-state index contributed by atoms with van der Waals surface area (Å²) in [5, 5.41) is 10.8. The molecule has 0 saturated carbocycles. The molecule has 1 aliphatic heterocycles. The molecule has 7 heteroatoms. The largest absolute Gasteiger partial charge is 0.268 e. The number of imide groups is 1. The molecule has 0 saturated heterocycles. The summed E-state index contributed by atoms with van der Waals surface area (Å²) in [6, 6.07) is 12.4. The van der Waals surface area contributed by atoms with E-state index in [1.54, 1.807) is 29.6 Å². The van der Waals surface area contributed by atoms with E-state index in [1.165, 1.54) is 6.07 Å². The van der Waals surface area contributed by atoms with Crippen LogP contribution >= 0.6 is 11.3 Å². The number of anilines is 1. The Balaban J connectivity index is 1.70. The average molecular weight is 349 g/mol. The maximum Gasteiger partial charge on any atom is 0.268 e. The number of benzene rings is 2. The number of rotatable bonds is 2. The number of nitriles is 1. The van der Waals surface area contributed by atoms with Crippen LogP contribution in [-0.4, -0.2) is 16.8 Å². The van der Waals surface area contributed by atoms with Crippen LogP contribution in [0.5, 0.6) is 0 Å². The van der Waals surface area contributed by atoms with Crippen LogP contribution in [0.2, 0.25) is 0 Å². The minimum atomic E-state index is -0.583. The smallest absolute Gasteiger partial charge is 0.268 e. The van der Waals surface area contributed by atoms with Crippen LogP contribution in [0.1, 0.15) is 26.3 Å². The van der Waals surface area contributed by atoms with Gasteiger partial charge in [0.2, 0.25) is 0 Å². The number of amides is 2. The monoisotopic (exact) mass is 349 g/mol. The highest BCUT2D eigenvalue weighted by molar-refractivity contribution is 7.14. The maximum absolute atomic E-state index is 13.4.